The second kappa shape index (κ2) is 8.13. The molecule has 1 unspecified atom stereocenters. The maximum atomic E-state index is 13.1. The van der Waals surface area contributed by atoms with E-state index in [9.17, 15) is 9.90 Å². The fourth-order valence-electron chi connectivity index (χ4n) is 3.62. The number of nitrogens with one attached hydrogen (secondary N) is 1. The molecule has 4 rings (SSSR count). The van der Waals surface area contributed by atoms with Crippen molar-refractivity contribution in [2.24, 2.45) is 5.92 Å². The summed E-state index contributed by atoms with van der Waals surface area (Å²) < 4.78 is 0. The van der Waals surface area contributed by atoms with Crippen molar-refractivity contribution in [3.63, 3.8) is 0 Å². The van der Waals surface area contributed by atoms with Crippen molar-refractivity contribution >= 4 is 5.91 Å². The van der Waals surface area contributed by atoms with Crippen molar-refractivity contribution in [2.45, 2.75) is 39.3 Å². The number of nitrogens with zero attached hydrogens (tertiary/aromatic N) is 2. The van der Waals surface area contributed by atoms with Gasteiger partial charge in [0.15, 0.2) is 0 Å². The third-order valence-electron chi connectivity index (χ3n) is 5.30. The van der Waals surface area contributed by atoms with Crippen LogP contribution in [-0.4, -0.2) is 21.0 Å². The molecule has 0 bridgehead atoms. The molecule has 0 spiro atoms. The second-order valence-electron chi connectivity index (χ2n) is 7.81. The van der Waals surface area contributed by atoms with E-state index in [1.54, 1.807) is 18.5 Å². The molecule has 1 aromatic carbocycles. The van der Waals surface area contributed by atoms with E-state index in [0.717, 1.165) is 40.9 Å². The lowest BCUT2D eigenvalue weighted by Gasteiger charge is -2.19. The van der Waals surface area contributed by atoms with Crippen LogP contribution in [0, 0.1) is 19.8 Å². The Hall–Kier alpha value is -3.05. The van der Waals surface area contributed by atoms with E-state index in [2.05, 4.69) is 15.3 Å². The second-order valence-corrected chi connectivity index (χ2v) is 7.81. The summed E-state index contributed by atoms with van der Waals surface area (Å²) in [5.41, 5.74) is 6.06. The number of carbonyl (C=O) groups is 1. The van der Waals surface area contributed by atoms with E-state index < -0.39 is 0 Å². The summed E-state index contributed by atoms with van der Waals surface area (Å²) in [7, 11) is 0. The number of benzene rings is 1. The number of rotatable bonds is 6. The summed E-state index contributed by atoms with van der Waals surface area (Å²) in [4.78, 5) is 21.9. The van der Waals surface area contributed by atoms with E-state index in [0.29, 0.717) is 17.0 Å². The minimum absolute atomic E-state index is 0.0909. The molecule has 0 radical (unpaired) electrons. The van der Waals surface area contributed by atoms with Crippen LogP contribution >= 0.6 is 0 Å². The molecule has 1 saturated carbocycles. The number of hydrogen-bond acceptors (Lipinski definition) is 4. The Labute approximate surface area is 170 Å². The number of aromatic nitrogens is 2. The van der Waals surface area contributed by atoms with Gasteiger partial charge in [-0.25, -0.2) is 0 Å². The molecule has 2 heterocycles. The first-order valence-electron chi connectivity index (χ1n) is 9.95. The average molecular weight is 387 g/mol. The highest BCUT2D eigenvalue weighted by atomic mass is 16.3. The van der Waals surface area contributed by atoms with Gasteiger partial charge in [0.1, 0.15) is 0 Å². The van der Waals surface area contributed by atoms with Gasteiger partial charge in [-0.2, -0.15) is 0 Å². The maximum absolute atomic E-state index is 13.1. The van der Waals surface area contributed by atoms with E-state index in [4.69, 9.17) is 0 Å². The van der Waals surface area contributed by atoms with Gasteiger partial charge in [-0.3, -0.25) is 14.8 Å². The fourth-order valence-corrected chi connectivity index (χ4v) is 3.62. The van der Waals surface area contributed by atoms with Crippen molar-refractivity contribution < 1.29 is 9.90 Å². The first-order chi connectivity index (χ1) is 14.0. The topological polar surface area (TPSA) is 75.1 Å². The monoisotopic (exact) mass is 387 g/mol. The number of aliphatic hydroxyl groups excluding tert-OH is 1. The first-order valence-corrected chi connectivity index (χ1v) is 9.95. The van der Waals surface area contributed by atoms with Gasteiger partial charge < -0.3 is 10.4 Å². The Morgan fingerprint density at radius 2 is 1.86 bits per heavy atom. The molecule has 148 valence electrons. The molecule has 5 nitrogen and oxygen atoms in total. The predicted octanol–water partition coefficient (Wildman–Crippen LogP) is 4.13. The van der Waals surface area contributed by atoms with Gasteiger partial charge in [-0.15, -0.1) is 0 Å². The van der Waals surface area contributed by atoms with Crippen LogP contribution in [0.3, 0.4) is 0 Å². The summed E-state index contributed by atoms with van der Waals surface area (Å²) in [6, 6.07) is 13.3. The molecule has 2 aromatic heterocycles. The Morgan fingerprint density at radius 3 is 2.55 bits per heavy atom. The SMILES string of the molecule is Cc1ccnc(C(NC(=O)c2cc(CO)cc(-c3ccnc(C)c3)c2)C2CC2)c1. The zero-order chi connectivity index (χ0) is 20.4. The van der Waals surface area contributed by atoms with Crippen LogP contribution < -0.4 is 5.32 Å². The molecule has 29 heavy (non-hydrogen) atoms. The van der Waals surface area contributed by atoms with Crippen LogP contribution in [0.4, 0.5) is 0 Å². The van der Waals surface area contributed by atoms with Gasteiger partial charge in [0.05, 0.1) is 18.3 Å². The molecule has 5 heteroatoms. The molecule has 1 atom stereocenters. The van der Waals surface area contributed by atoms with Gasteiger partial charge in [0.25, 0.3) is 5.91 Å². The Morgan fingerprint density at radius 1 is 1.07 bits per heavy atom. The summed E-state index contributed by atoms with van der Waals surface area (Å²) in [5.74, 6) is 0.282. The maximum Gasteiger partial charge on any atom is 0.251 e. The summed E-state index contributed by atoms with van der Waals surface area (Å²) >= 11 is 0. The first kappa shape index (κ1) is 19.3. The van der Waals surface area contributed by atoms with E-state index in [-0.39, 0.29) is 18.6 Å². The normalized spacial score (nSPS) is 14.4. The van der Waals surface area contributed by atoms with Crippen molar-refractivity contribution in [3.05, 3.63) is 82.9 Å². The average Bonchev–Trinajstić information content (AvgIpc) is 3.56. The molecule has 2 N–H and O–H groups in total. The Kier molecular flexibility index (Phi) is 5.41. The van der Waals surface area contributed by atoms with E-state index in [1.807, 2.05) is 50.2 Å². The zero-order valence-corrected chi connectivity index (χ0v) is 16.7. The molecule has 0 aliphatic heterocycles. The molecule has 1 aliphatic carbocycles. The van der Waals surface area contributed by atoms with Gasteiger partial charge in [-0.1, -0.05) is 0 Å². The van der Waals surface area contributed by atoms with Gasteiger partial charge >= 0.3 is 0 Å². The smallest absolute Gasteiger partial charge is 0.251 e. The molecular formula is C24H25N3O2. The number of amides is 1. The minimum atomic E-state index is -0.146. The molecule has 1 aliphatic rings. The molecule has 1 amide bonds. The van der Waals surface area contributed by atoms with Crippen LogP contribution in [-0.2, 0) is 6.61 Å². The number of pyridine rings is 2. The third kappa shape index (κ3) is 4.51. The van der Waals surface area contributed by atoms with Crippen molar-refractivity contribution in [1.29, 1.82) is 0 Å². The summed E-state index contributed by atoms with van der Waals surface area (Å²) in [6.07, 6.45) is 5.74. The van der Waals surface area contributed by atoms with Crippen LogP contribution in [0.1, 0.15) is 51.8 Å². The largest absolute Gasteiger partial charge is 0.392 e. The zero-order valence-electron chi connectivity index (χ0n) is 16.7. The number of aliphatic hydroxyl groups is 1. The highest BCUT2D eigenvalue weighted by Crippen LogP contribution is 2.40. The van der Waals surface area contributed by atoms with Crippen LogP contribution in [0.2, 0.25) is 0 Å². The molecule has 0 saturated heterocycles. The highest BCUT2D eigenvalue weighted by Gasteiger charge is 2.34. The lowest BCUT2D eigenvalue weighted by atomic mass is 9.99. The van der Waals surface area contributed by atoms with Crippen molar-refractivity contribution in [1.82, 2.24) is 15.3 Å². The summed E-state index contributed by atoms with van der Waals surface area (Å²) in [5, 5.41) is 12.9. The highest BCUT2D eigenvalue weighted by molar-refractivity contribution is 5.96. The number of aryl methyl sites for hydroxylation is 2. The van der Waals surface area contributed by atoms with E-state index >= 15 is 0 Å². The molecule has 1 fully saturated rings. The quantitative estimate of drug-likeness (QED) is 0.667. The fraction of sp³-hybridized carbons (Fsp3) is 0.292. The summed E-state index contributed by atoms with van der Waals surface area (Å²) in [6.45, 7) is 3.84. The Bertz CT molecular complexity index is 1040. The van der Waals surface area contributed by atoms with E-state index in [1.165, 1.54) is 0 Å². The van der Waals surface area contributed by atoms with Crippen molar-refractivity contribution in [2.75, 3.05) is 0 Å². The van der Waals surface area contributed by atoms with Gasteiger partial charge in [0, 0.05) is 23.7 Å². The lowest BCUT2D eigenvalue weighted by molar-refractivity contribution is 0.0930. The number of carbonyl (C=O) groups excluding carboxylic acids is 1. The number of hydrogen-bond donors (Lipinski definition) is 2. The molecular weight excluding hydrogens is 362 g/mol. The predicted molar refractivity (Wildman–Crippen MR) is 112 cm³/mol. The van der Waals surface area contributed by atoms with Gasteiger partial charge in [0.2, 0.25) is 0 Å². The third-order valence-corrected chi connectivity index (χ3v) is 5.30. The lowest BCUT2D eigenvalue weighted by Crippen LogP contribution is -2.30. The molecule has 3 aromatic rings. The van der Waals surface area contributed by atoms with Crippen LogP contribution in [0.25, 0.3) is 11.1 Å². The van der Waals surface area contributed by atoms with Crippen LogP contribution in [0.5, 0.6) is 0 Å². The minimum Gasteiger partial charge on any atom is -0.392 e. The standard InChI is InChI=1S/C24H25N3O2/c1-15-5-7-26-22(9-15)23(18-3-4-18)27-24(29)21-12-17(14-28)11-20(13-21)19-6-8-25-16(2)10-19/h5-13,18,23,28H,3-4,14H2,1-2H3,(H,27,29). The van der Waals surface area contributed by atoms with Crippen molar-refractivity contribution in [3.8, 4) is 11.1 Å². The van der Waals surface area contributed by atoms with Gasteiger partial charge in [-0.05, 0) is 97.3 Å². The Balaban J connectivity index is 1.64. The van der Waals surface area contributed by atoms with Crippen LogP contribution in [0.15, 0.2) is 54.9 Å².